The number of fused-ring (bicyclic) bond motifs is 1. The Morgan fingerprint density at radius 3 is 3.18 bits per heavy atom. The predicted molar refractivity (Wildman–Crippen MR) is 65.7 cm³/mol. The lowest BCUT2D eigenvalue weighted by atomic mass is 9.86. The Kier molecular flexibility index (Phi) is 1.49. The van der Waals surface area contributed by atoms with Crippen molar-refractivity contribution >= 4 is 11.9 Å². The Bertz CT molecular complexity index is 593. The average molecular weight is 226 g/mol. The number of hydrogen-bond acceptors (Lipinski definition) is 2. The molecular formula is C14H14N2O. The summed E-state index contributed by atoms with van der Waals surface area (Å²) in [6.07, 6.45) is 6.98. The number of nitrogens with one attached hydrogen (secondary N) is 2. The molecule has 1 aromatic rings. The van der Waals surface area contributed by atoms with Crippen LogP contribution in [0, 0.1) is 5.92 Å². The van der Waals surface area contributed by atoms with Gasteiger partial charge in [-0.3, -0.25) is 4.79 Å². The van der Waals surface area contributed by atoms with E-state index in [-0.39, 0.29) is 11.2 Å². The highest BCUT2D eigenvalue weighted by atomic mass is 16.1. The highest BCUT2D eigenvalue weighted by Gasteiger charge is 2.64. The monoisotopic (exact) mass is 226 g/mol. The molecule has 2 N–H and O–H groups in total. The molecule has 0 bridgehead atoms. The number of rotatable bonds is 1. The van der Waals surface area contributed by atoms with Crippen molar-refractivity contribution in [1.29, 1.82) is 0 Å². The predicted octanol–water partition coefficient (Wildman–Crippen LogP) is 1.99. The van der Waals surface area contributed by atoms with Crippen LogP contribution in [0.5, 0.6) is 0 Å². The summed E-state index contributed by atoms with van der Waals surface area (Å²) < 4.78 is 0. The van der Waals surface area contributed by atoms with Crippen LogP contribution >= 0.6 is 0 Å². The molecule has 3 nitrogen and oxygen atoms in total. The van der Waals surface area contributed by atoms with Crippen LogP contribution in [-0.4, -0.2) is 17.3 Å². The lowest BCUT2D eigenvalue weighted by Crippen LogP contribution is -2.24. The number of aromatic amines is 1. The third-order valence-corrected chi connectivity index (χ3v) is 4.31. The first-order chi connectivity index (χ1) is 8.25. The molecule has 0 amide bonds. The fraction of sp³-hybridized carbons (Fsp3) is 0.357. The van der Waals surface area contributed by atoms with Gasteiger partial charge in [0, 0.05) is 29.4 Å². The second-order valence-electron chi connectivity index (χ2n) is 5.19. The highest BCUT2D eigenvalue weighted by Crippen LogP contribution is 2.63. The number of aromatic nitrogens is 1. The largest absolute Gasteiger partial charge is 0.387 e. The first-order valence-corrected chi connectivity index (χ1v) is 6.12. The Labute approximate surface area is 99.6 Å². The minimum Gasteiger partial charge on any atom is -0.387 e. The van der Waals surface area contributed by atoms with Crippen molar-refractivity contribution in [2.45, 2.75) is 18.8 Å². The van der Waals surface area contributed by atoms with Crippen LogP contribution in [0.1, 0.15) is 35.1 Å². The molecule has 86 valence electrons. The van der Waals surface area contributed by atoms with Crippen molar-refractivity contribution in [3.8, 4) is 0 Å². The van der Waals surface area contributed by atoms with Crippen LogP contribution in [0.4, 0.5) is 0 Å². The Balaban J connectivity index is 1.93. The number of piperidine rings is 1. The van der Waals surface area contributed by atoms with E-state index in [1.807, 2.05) is 19.1 Å². The van der Waals surface area contributed by atoms with E-state index in [2.05, 4.69) is 16.4 Å². The number of hydrogen-bond donors (Lipinski definition) is 2. The van der Waals surface area contributed by atoms with Crippen molar-refractivity contribution in [2.75, 3.05) is 6.54 Å². The molecule has 2 atom stereocenters. The van der Waals surface area contributed by atoms with E-state index in [0.717, 1.165) is 23.6 Å². The molecule has 1 saturated heterocycles. The minimum atomic E-state index is 0.108. The van der Waals surface area contributed by atoms with Crippen LogP contribution < -0.4 is 5.32 Å². The molecule has 1 aromatic heterocycles. The van der Waals surface area contributed by atoms with Gasteiger partial charge in [-0.1, -0.05) is 6.08 Å². The summed E-state index contributed by atoms with van der Waals surface area (Å²) in [4.78, 5) is 15.3. The molecule has 0 aromatic carbocycles. The standard InChI is InChI=1S/C14H14N2O/c1-2-3-9-4-10-13(16-9)11(17)5-12-14(10)6-8(14)7-15-12/h2-5,8,15-16H,6-7H2,1H3/b3-2+. The van der Waals surface area contributed by atoms with Gasteiger partial charge in [0.05, 0.1) is 5.69 Å². The van der Waals surface area contributed by atoms with Gasteiger partial charge in [0.15, 0.2) is 0 Å². The van der Waals surface area contributed by atoms with E-state index in [0.29, 0.717) is 5.92 Å². The third kappa shape index (κ3) is 0.954. The van der Waals surface area contributed by atoms with Crippen molar-refractivity contribution in [1.82, 2.24) is 10.3 Å². The fourth-order valence-corrected chi connectivity index (χ4v) is 3.45. The first kappa shape index (κ1) is 9.28. The van der Waals surface area contributed by atoms with Crippen molar-refractivity contribution in [2.24, 2.45) is 5.92 Å². The quantitative estimate of drug-likeness (QED) is 0.769. The summed E-state index contributed by atoms with van der Waals surface area (Å²) in [5, 5.41) is 3.37. The maximum Gasteiger partial charge on any atom is 0.204 e. The summed E-state index contributed by atoms with van der Waals surface area (Å²) >= 11 is 0. The van der Waals surface area contributed by atoms with Gasteiger partial charge in [0.2, 0.25) is 5.78 Å². The Hall–Kier alpha value is -1.77. The molecule has 1 aliphatic heterocycles. The van der Waals surface area contributed by atoms with E-state index in [9.17, 15) is 4.79 Å². The third-order valence-electron chi connectivity index (χ3n) is 4.31. The minimum absolute atomic E-state index is 0.108. The zero-order chi connectivity index (χ0) is 11.6. The number of allylic oxidation sites excluding steroid dienone is 3. The molecular weight excluding hydrogens is 212 g/mol. The van der Waals surface area contributed by atoms with Gasteiger partial charge >= 0.3 is 0 Å². The van der Waals surface area contributed by atoms with Crippen LogP contribution in [0.25, 0.3) is 6.08 Å². The summed E-state index contributed by atoms with van der Waals surface area (Å²) in [7, 11) is 0. The van der Waals surface area contributed by atoms with Crippen LogP contribution in [-0.2, 0) is 5.41 Å². The van der Waals surface area contributed by atoms with Crippen molar-refractivity contribution in [3.05, 3.63) is 40.9 Å². The summed E-state index contributed by atoms with van der Waals surface area (Å²) in [5.74, 6) is 0.797. The van der Waals surface area contributed by atoms with Gasteiger partial charge in [-0.2, -0.15) is 0 Å². The van der Waals surface area contributed by atoms with Crippen LogP contribution in [0.15, 0.2) is 23.9 Å². The highest BCUT2D eigenvalue weighted by molar-refractivity contribution is 6.07. The average Bonchev–Trinajstić information content (AvgIpc) is 2.68. The molecule has 2 unspecified atom stereocenters. The molecule has 2 aliphatic carbocycles. The Morgan fingerprint density at radius 1 is 1.53 bits per heavy atom. The number of carbonyl (C=O) groups excluding carboxylic acids is 1. The molecule has 2 fully saturated rings. The van der Waals surface area contributed by atoms with Gasteiger partial charge in [0.25, 0.3) is 0 Å². The van der Waals surface area contributed by atoms with Crippen molar-refractivity contribution in [3.63, 3.8) is 0 Å². The first-order valence-electron chi connectivity index (χ1n) is 6.12. The number of H-pyrrole nitrogens is 1. The fourth-order valence-electron chi connectivity index (χ4n) is 3.45. The molecule has 1 spiro atoms. The maximum absolute atomic E-state index is 12.0. The lowest BCUT2D eigenvalue weighted by molar-refractivity contribution is 0.103. The smallest absolute Gasteiger partial charge is 0.204 e. The molecule has 3 aliphatic rings. The van der Waals surface area contributed by atoms with Gasteiger partial charge in [-0.15, -0.1) is 0 Å². The topological polar surface area (TPSA) is 44.9 Å². The van der Waals surface area contributed by atoms with Gasteiger partial charge in [-0.25, -0.2) is 0 Å². The Morgan fingerprint density at radius 2 is 2.41 bits per heavy atom. The summed E-state index contributed by atoms with van der Waals surface area (Å²) in [6.45, 7) is 3.00. The van der Waals surface area contributed by atoms with Crippen LogP contribution in [0.2, 0.25) is 0 Å². The van der Waals surface area contributed by atoms with Gasteiger partial charge in [-0.05, 0) is 37.0 Å². The zero-order valence-corrected chi connectivity index (χ0v) is 9.71. The number of carbonyl (C=O) groups is 1. The number of ketones is 1. The normalized spacial score (nSPS) is 32.9. The molecule has 4 rings (SSSR count). The maximum atomic E-state index is 12.0. The molecule has 2 heterocycles. The zero-order valence-electron chi connectivity index (χ0n) is 9.71. The van der Waals surface area contributed by atoms with E-state index in [1.54, 1.807) is 6.08 Å². The van der Waals surface area contributed by atoms with E-state index in [1.165, 1.54) is 12.0 Å². The second kappa shape index (κ2) is 2.73. The van der Waals surface area contributed by atoms with Gasteiger partial charge in [0.1, 0.15) is 0 Å². The van der Waals surface area contributed by atoms with E-state index < -0.39 is 0 Å². The summed E-state index contributed by atoms with van der Waals surface area (Å²) in [6, 6.07) is 2.15. The van der Waals surface area contributed by atoms with E-state index in [4.69, 9.17) is 0 Å². The van der Waals surface area contributed by atoms with Crippen LogP contribution in [0.3, 0.4) is 0 Å². The molecule has 3 heteroatoms. The second-order valence-corrected chi connectivity index (χ2v) is 5.19. The van der Waals surface area contributed by atoms with E-state index >= 15 is 0 Å². The molecule has 0 radical (unpaired) electrons. The summed E-state index contributed by atoms with van der Waals surface area (Å²) in [5.41, 5.74) is 4.34. The molecule has 17 heavy (non-hydrogen) atoms. The van der Waals surface area contributed by atoms with Crippen molar-refractivity contribution < 1.29 is 4.79 Å². The lowest BCUT2D eigenvalue weighted by Gasteiger charge is -2.20. The molecule has 1 saturated carbocycles. The van der Waals surface area contributed by atoms with Gasteiger partial charge < -0.3 is 10.3 Å². The SMILES string of the molecule is C/C=C/c1cc2c([nH]1)C(=O)C=C1NCC3CC123.